The summed E-state index contributed by atoms with van der Waals surface area (Å²) < 4.78 is 52.1. The molecule has 0 spiro atoms. The summed E-state index contributed by atoms with van der Waals surface area (Å²) in [6.07, 6.45) is -2.51. The molecule has 0 fully saturated rings. The number of halogens is 4. The highest BCUT2D eigenvalue weighted by Crippen LogP contribution is 2.37. The van der Waals surface area contributed by atoms with Gasteiger partial charge in [0.05, 0.1) is 21.6 Å². The minimum atomic E-state index is -4.50. The van der Waals surface area contributed by atoms with Crippen molar-refractivity contribution in [3.05, 3.63) is 46.6 Å². The van der Waals surface area contributed by atoms with Gasteiger partial charge in [-0.15, -0.1) is 0 Å². The third kappa shape index (κ3) is 6.15. The standard InChI is InChI=1S/C22H25ClF3N3O2S/c1-4-30-19(31-5-2)7-6-10-29-18-9-8-14(3)11-17(18)28-21(29)32-20-16(23)12-15(13-27-20)22(24,25)26/h8-9,11-13,19H,4-7,10H2,1-3H3. The maximum atomic E-state index is 12.9. The number of imidazole rings is 1. The van der Waals surface area contributed by atoms with Crippen LogP contribution in [-0.4, -0.2) is 34.0 Å². The fraction of sp³-hybridized carbons (Fsp3) is 0.455. The molecular weight excluding hydrogens is 463 g/mol. The van der Waals surface area contributed by atoms with E-state index in [2.05, 4.69) is 4.98 Å². The fourth-order valence-electron chi connectivity index (χ4n) is 3.26. The topological polar surface area (TPSA) is 49.2 Å². The smallest absolute Gasteiger partial charge is 0.353 e. The zero-order valence-electron chi connectivity index (χ0n) is 18.1. The van der Waals surface area contributed by atoms with Crippen molar-refractivity contribution in [2.45, 2.75) is 62.8 Å². The van der Waals surface area contributed by atoms with Crippen LogP contribution in [0, 0.1) is 6.92 Å². The molecule has 0 saturated carbocycles. The lowest BCUT2D eigenvalue weighted by molar-refractivity contribution is -0.140. The molecule has 5 nitrogen and oxygen atoms in total. The minimum Gasteiger partial charge on any atom is -0.353 e. The second-order valence-electron chi connectivity index (χ2n) is 7.13. The van der Waals surface area contributed by atoms with Crippen LogP contribution in [0.2, 0.25) is 5.02 Å². The summed E-state index contributed by atoms with van der Waals surface area (Å²) in [5.74, 6) is 0. The van der Waals surface area contributed by atoms with Gasteiger partial charge in [0.2, 0.25) is 0 Å². The molecular formula is C22H25ClF3N3O2S. The van der Waals surface area contributed by atoms with Gasteiger partial charge in [-0.2, -0.15) is 13.2 Å². The molecule has 32 heavy (non-hydrogen) atoms. The summed E-state index contributed by atoms with van der Waals surface area (Å²) in [7, 11) is 0. The number of aromatic nitrogens is 3. The van der Waals surface area contributed by atoms with E-state index >= 15 is 0 Å². The zero-order chi connectivity index (χ0) is 23.3. The van der Waals surface area contributed by atoms with E-state index in [-0.39, 0.29) is 16.3 Å². The SMILES string of the molecule is CCOC(CCCn1c(Sc2ncc(C(F)(F)F)cc2Cl)nc2cc(C)ccc21)OCC. The van der Waals surface area contributed by atoms with Gasteiger partial charge in [-0.1, -0.05) is 17.7 Å². The Balaban J connectivity index is 1.86. The molecule has 3 aromatic rings. The van der Waals surface area contributed by atoms with Gasteiger partial charge < -0.3 is 14.0 Å². The number of fused-ring (bicyclic) bond motifs is 1. The van der Waals surface area contributed by atoms with Gasteiger partial charge in [0.15, 0.2) is 11.4 Å². The lowest BCUT2D eigenvalue weighted by Gasteiger charge is -2.17. The van der Waals surface area contributed by atoms with Crippen molar-refractivity contribution in [1.29, 1.82) is 0 Å². The van der Waals surface area contributed by atoms with Crippen molar-refractivity contribution in [2.24, 2.45) is 0 Å². The van der Waals surface area contributed by atoms with Crippen molar-refractivity contribution in [3.63, 3.8) is 0 Å². The van der Waals surface area contributed by atoms with Crippen molar-refractivity contribution >= 4 is 34.4 Å². The third-order valence-corrected chi connectivity index (χ3v) is 6.13. The fourth-order valence-corrected chi connectivity index (χ4v) is 4.42. The second-order valence-corrected chi connectivity index (χ2v) is 8.49. The lowest BCUT2D eigenvalue weighted by atomic mass is 10.2. The predicted molar refractivity (Wildman–Crippen MR) is 119 cm³/mol. The van der Waals surface area contributed by atoms with Gasteiger partial charge in [-0.25, -0.2) is 9.97 Å². The van der Waals surface area contributed by atoms with Crippen LogP contribution in [0.5, 0.6) is 0 Å². The molecule has 0 N–H and O–H groups in total. The number of aryl methyl sites for hydroxylation is 2. The van der Waals surface area contributed by atoms with Crippen LogP contribution in [-0.2, 0) is 22.2 Å². The van der Waals surface area contributed by atoms with E-state index < -0.39 is 11.7 Å². The van der Waals surface area contributed by atoms with Crippen molar-refractivity contribution in [1.82, 2.24) is 14.5 Å². The van der Waals surface area contributed by atoms with E-state index in [4.69, 9.17) is 26.1 Å². The van der Waals surface area contributed by atoms with Crippen LogP contribution >= 0.6 is 23.4 Å². The molecule has 3 rings (SSSR count). The number of ether oxygens (including phenoxy) is 2. The minimum absolute atomic E-state index is 0.0626. The van der Waals surface area contributed by atoms with Crippen LogP contribution in [0.3, 0.4) is 0 Å². The van der Waals surface area contributed by atoms with Gasteiger partial charge >= 0.3 is 6.18 Å². The number of hydrogen-bond donors (Lipinski definition) is 0. The number of hydrogen-bond acceptors (Lipinski definition) is 5. The summed E-state index contributed by atoms with van der Waals surface area (Å²) >= 11 is 7.27. The summed E-state index contributed by atoms with van der Waals surface area (Å²) in [4.78, 5) is 8.64. The van der Waals surface area contributed by atoms with Gasteiger partial charge in [-0.3, -0.25) is 0 Å². The second kappa shape index (κ2) is 10.9. The number of pyridine rings is 1. The van der Waals surface area contributed by atoms with Gasteiger partial charge in [-0.05, 0) is 62.7 Å². The Kier molecular flexibility index (Phi) is 8.43. The predicted octanol–water partition coefficient (Wildman–Crippen LogP) is 6.74. The molecule has 10 heteroatoms. The molecule has 0 atom stereocenters. The van der Waals surface area contributed by atoms with Crippen molar-refractivity contribution < 1.29 is 22.6 Å². The maximum absolute atomic E-state index is 12.9. The highest BCUT2D eigenvalue weighted by Gasteiger charge is 2.31. The quantitative estimate of drug-likeness (QED) is 0.296. The number of nitrogens with zero attached hydrogens (tertiary/aromatic N) is 3. The molecule has 0 amide bonds. The number of benzene rings is 1. The summed E-state index contributed by atoms with van der Waals surface area (Å²) in [5.41, 5.74) is 1.93. The van der Waals surface area contributed by atoms with Crippen LogP contribution < -0.4 is 0 Å². The summed E-state index contributed by atoms with van der Waals surface area (Å²) in [6, 6.07) is 6.86. The first kappa shape index (κ1) is 24.8. The van der Waals surface area contributed by atoms with E-state index in [1.807, 2.05) is 43.5 Å². The van der Waals surface area contributed by atoms with Crippen LogP contribution in [0.15, 0.2) is 40.6 Å². The Morgan fingerprint density at radius 2 is 1.88 bits per heavy atom. The molecule has 0 bridgehead atoms. The van der Waals surface area contributed by atoms with E-state index in [0.29, 0.717) is 31.3 Å². The van der Waals surface area contributed by atoms with Crippen LogP contribution in [0.25, 0.3) is 11.0 Å². The maximum Gasteiger partial charge on any atom is 0.417 e. The summed E-state index contributed by atoms with van der Waals surface area (Å²) in [5, 5.41) is 0.825. The highest BCUT2D eigenvalue weighted by atomic mass is 35.5. The van der Waals surface area contributed by atoms with E-state index in [1.54, 1.807) is 0 Å². The molecule has 0 aliphatic rings. The lowest BCUT2D eigenvalue weighted by Crippen LogP contribution is -2.18. The molecule has 0 unspecified atom stereocenters. The zero-order valence-corrected chi connectivity index (χ0v) is 19.7. The van der Waals surface area contributed by atoms with Crippen LogP contribution in [0.1, 0.15) is 37.8 Å². The van der Waals surface area contributed by atoms with Crippen LogP contribution in [0.4, 0.5) is 13.2 Å². The third-order valence-electron chi connectivity index (χ3n) is 4.72. The van der Waals surface area contributed by atoms with Crippen molar-refractivity contribution in [2.75, 3.05) is 13.2 Å². The normalized spacial score (nSPS) is 12.2. The monoisotopic (exact) mass is 487 g/mol. The van der Waals surface area contributed by atoms with Gasteiger partial charge in [0, 0.05) is 32.4 Å². The van der Waals surface area contributed by atoms with Gasteiger partial charge in [0.1, 0.15) is 5.03 Å². The van der Waals surface area contributed by atoms with E-state index in [9.17, 15) is 13.2 Å². The summed E-state index contributed by atoms with van der Waals surface area (Å²) in [6.45, 7) is 7.60. The molecule has 1 aromatic carbocycles. The average Bonchev–Trinajstić information content (AvgIpc) is 3.05. The number of alkyl halides is 3. The molecule has 0 aliphatic heterocycles. The Bertz CT molecular complexity index is 1050. The van der Waals surface area contributed by atoms with Gasteiger partial charge in [0.25, 0.3) is 0 Å². The molecule has 174 valence electrons. The Hall–Kier alpha value is -1.81. The number of rotatable bonds is 10. The highest BCUT2D eigenvalue weighted by molar-refractivity contribution is 7.99. The van der Waals surface area contributed by atoms with E-state index in [1.165, 1.54) is 0 Å². The average molecular weight is 488 g/mol. The first-order valence-corrected chi connectivity index (χ1v) is 11.5. The molecule has 2 aromatic heterocycles. The largest absolute Gasteiger partial charge is 0.417 e. The molecule has 0 radical (unpaired) electrons. The first-order valence-electron chi connectivity index (χ1n) is 10.3. The first-order chi connectivity index (χ1) is 15.2. The Morgan fingerprint density at radius 3 is 2.50 bits per heavy atom. The van der Waals surface area contributed by atoms with Crippen molar-refractivity contribution in [3.8, 4) is 0 Å². The Labute approximate surface area is 194 Å². The Morgan fingerprint density at radius 1 is 1.16 bits per heavy atom. The molecule has 0 saturated heterocycles. The molecule has 2 heterocycles. The van der Waals surface area contributed by atoms with E-state index in [0.717, 1.165) is 47.0 Å². The molecule has 0 aliphatic carbocycles.